The topological polar surface area (TPSA) is 38.7 Å². The van der Waals surface area contributed by atoms with Crippen molar-refractivity contribution < 1.29 is 23.4 Å². The summed E-state index contributed by atoms with van der Waals surface area (Å²) in [7, 11) is 0. The van der Waals surface area contributed by atoms with Crippen molar-refractivity contribution in [2.24, 2.45) is 0 Å². The zero-order valence-corrected chi connectivity index (χ0v) is 7.87. The first-order chi connectivity index (χ1) is 7.11. The number of hydrogen-bond donors (Lipinski definition) is 1. The number of benzene rings is 1. The first-order valence-corrected chi connectivity index (χ1v) is 4.60. The van der Waals surface area contributed by atoms with E-state index in [-0.39, 0.29) is 18.1 Å². The lowest BCUT2D eigenvalue weighted by Gasteiger charge is -2.04. The maximum absolute atomic E-state index is 12.6. The molecule has 0 unspecified atom stereocenters. The van der Waals surface area contributed by atoms with Crippen LogP contribution in [0.25, 0.3) is 0 Å². The number of halogens is 2. The third-order valence-electron chi connectivity index (χ3n) is 2.09. The summed E-state index contributed by atoms with van der Waals surface area (Å²) in [5, 5.41) is 8.63. The third kappa shape index (κ3) is 2.18. The van der Waals surface area contributed by atoms with Crippen molar-refractivity contribution in [2.45, 2.75) is 19.1 Å². The van der Waals surface area contributed by atoms with Gasteiger partial charge in [0, 0.05) is 6.61 Å². The minimum atomic E-state index is -3.56. The molecular formula is C10H10F2O3. The van der Waals surface area contributed by atoms with Crippen LogP contribution in [0.4, 0.5) is 8.78 Å². The Balaban J connectivity index is 2.15. The molecule has 2 rings (SSSR count). The van der Waals surface area contributed by atoms with E-state index >= 15 is 0 Å². The van der Waals surface area contributed by atoms with Gasteiger partial charge in [-0.15, -0.1) is 8.78 Å². The van der Waals surface area contributed by atoms with Crippen LogP contribution in [0.5, 0.6) is 11.5 Å². The number of rotatable bonds is 3. The molecule has 1 aromatic rings. The van der Waals surface area contributed by atoms with Gasteiger partial charge in [0.1, 0.15) is 0 Å². The first kappa shape index (κ1) is 10.2. The van der Waals surface area contributed by atoms with Crippen LogP contribution in [0.1, 0.15) is 12.0 Å². The highest BCUT2D eigenvalue weighted by Crippen LogP contribution is 2.41. The van der Waals surface area contributed by atoms with Crippen LogP contribution in [0, 0.1) is 0 Å². The lowest BCUT2D eigenvalue weighted by atomic mass is 10.1. The maximum Gasteiger partial charge on any atom is 0.586 e. The Kier molecular flexibility index (Phi) is 2.48. The van der Waals surface area contributed by atoms with E-state index in [1.54, 1.807) is 6.07 Å². The Bertz CT molecular complexity index is 366. The van der Waals surface area contributed by atoms with Crippen molar-refractivity contribution in [1.29, 1.82) is 0 Å². The molecule has 0 bridgehead atoms. The fraction of sp³-hybridized carbons (Fsp3) is 0.400. The van der Waals surface area contributed by atoms with Crippen LogP contribution in [-0.2, 0) is 6.42 Å². The number of ether oxygens (including phenoxy) is 2. The number of aryl methyl sites for hydroxylation is 1. The number of fused-ring (bicyclic) bond motifs is 1. The standard InChI is InChI=1S/C10H10F2O3/c11-10(12)14-8-4-3-7(2-1-5-13)6-9(8)15-10/h3-4,6,13H,1-2,5H2. The number of aliphatic hydroxyl groups is 1. The smallest absolute Gasteiger partial charge is 0.396 e. The molecule has 1 aromatic carbocycles. The van der Waals surface area contributed by atoms with Gasteiger partial charge in [-0.05, 0) is 30.5 Å². The van der Waals surface area contributed by atoms with E-state index in [2.05, 4.69) is 9.47 Å². The zero-order valence-electron chi connectivity index (χ0n) is 7.87. The second kappa shape index (κ2) is 3.66. The SMILES string of the molecule is OCCCc1ccc2c(c1)OC(F)(F)O2. The van der Waals surface area contributed by atoms with E-state index in [0.29, 0.717) is 12.8 Å². The molecule has 1 aliphatic rings. The van der Waals surface area contributed by atoms with Gasteiger partial charge >= 0.3 is 6.29 Å². The van der Waals surface area contributed by atoms with Gasteiger partial charge in [0.15, 0.2) is 11.5 Å². The highest BCUT2D eigenvalue weighted by molar-refractivity contribution is 5.45. The Morgan fingerprint density at radius 3 is 2.67 bits per heavy atom. The molecule has 82 valence electrons. The van der Waals surface area contributed by atoms with Crippen LogP contribution in [-0.4, -0.2) is 18.0 Å². The quantitative estimate of drug-likeness (QED) is 0.839. The third-order valence-corrected chi connectivity index (χ3v) is 2.09. The molecule has 0 saturated carbocycles. The lowest BCUT2D eigenvalue weighted by molar-refractivity contribution is -0.286. The van der Waals surface area contributed by atoms with E-state index in [1.807, 2.05) is 0 Å². The fourth-order valence-electron chi connectivity index (χ4n) is 1.43. The molecule has 1 heterocycles. The fourth-order valence-corrected chi connectivity index (χ4v) is 1.43. The molecule has 0 amide bonds. The number of aliphatic hydroxyl groups excluding tert-OH is 1. The average molecular weight is 216 g/mol. The predicted octanol–water partition coefficient (Wildman–Crippen LogP) is 1.93. The zero-order chi connectivity index (χ0) is 10.9. The maximum atomic E-state index is 12.6. The summed E-state index contributed by atoms with van der Waals surface area (Å²) in [5.74, 6) is 0.100. The van der Waals surface area contributed by atoms with Gasteiger partial charge in [-0.2, -0.15) is 0 Å². The Morgan fingerprint density at radius 2 is 1.93 bits per heavy atom. The summed E-state index contributed by atoms with van der Waals surface area (Å²) in [4.78, 5) is 0. The molecule has 0 spiro atoms. The molecule has 0 saturated heterocycles. The number of hydrogen-bond acceptors (Lipinski definition) is 3. The van der Waals surface area contributed by atoms with Crippen molar-refractivity contribution in [1.82, 2.24) is 0 Å². The van der Waals surface area contributed by atoms with Crippen molar-refractivity contribution in [3.8, 4) is 11.5 Å². The van der Waals surface area contributed by atoms with Gasteiger partial charge in [0.2, 0.25) is 0 Å². The Hall–Kier alpha value is -1.36. The van der Waals surface area contributed by atoms with Crippen molar-refractivity contribution in [2.75, 3.05) is 6.61 Å². The second-order valence-corrected chi connectivity index (χ2v) is 3.28. The van der Waals surface area contributed by atoms with E-state index in [9.17, 15) is 8.78 Å². The van der Waals surface area contributed by atoms with Crippen LogP contribution >= 0.6 is 0 Å². The summed E-state index contributed by atoms with van der Waals surface area (Å²) in [5.41, 5.74) is 0.837. The minimum Gasteiger partial charge on any atom is -0.396 e. The van der Waals surface area contributed by atoms with Crippen LogP contribution in [0.3, 0.4) is 0 Å². The lowest BCUT2D eigenvalue weighted by Crippen LogP contribution is -2.25. The molecule has 0 aliphatic carbocycles. The van der Waals surface area contributed by atoms with Gasteiger partial charge in [0.05, 0.1) is 0 Å². The van der Waals surface area contributed by atoms with E-state index in [0.717, 1.165) is 5.56 Å². The largest absolute Gasteiger partial charge is 0.586 e. The summed E-state index contributed by atoms with van der Waals surface area (Å²) < 4.78 is 33.8. The number of alkyl halides is 2. The minimum absolute atomic E-state index is 0.0488. The predicted molar refractivity (Wildman–Crippen MR) is 48.1 cm³/mol. The molecule has 5 heteroatoms. The molecule has 15 heavy (non-hydrogen) atoms. The van der Waals surface area contributed by atoms with Gasteiger partial charge < -0.3 is 14.6 Å². The molecule has 1 aliphatic heterocycles. The molecular weight excluding hydrogens is 206 g/mol. The molecule has 0 radical (unpaired) electrons. The summed E-state index contributed by atoms with van der Waals surface area (Å²) >= 11 is 0. The van der Waals surface area contributed by atoms with Gasteiger partial charge in [-0.1, -0.05) is 6.07 Å². The molecule has 0 atom stereocenters. The normalized spacial score (nSPS) is 16.7. The van der Waals surface area contributed by atoms with E-state index < -0.39 is 6.29 Å². The van der Waals surface area contributed by atoms with Crippen molar-refractivity contribution in [3.05, 3.63) is 23.8 Å². The first-order valence-electron chi connectivity index (χ1n) is 4.60. The van der Waals surface area contributed by atoms with Crippen LogP contribution in [0.2, 0.25) is 0 Å². The molecule has 0 fully saturated rings. The Labute approximate surface area is 85.2 Å². The highest BCUT2D eigenvalue weighted by Gasteiger charge is 2.43. The molecule has 1 N–H and O–H groups in total. The monoisotopic (exact) mass is 216 g/mol. The van der Waals surface area contributed by atoms with Gasteiger partial charge in [-0.25, -0.2) is 0 Å². The average Bonchev–Trinajstić information content (AvgIpc) is 2.47. The van der Waals surface area contributed by atoms with Crippen molar-refractivity contribution >= 4 is 0 Å². The highest BCUT2D eigenvalue weighted by atomic mass is 19.3. The summed E-state index contributed by atoms with van der Waals surface area (Å²) in [6, 6.07) is 4.63. The van der Waals surface area contributed by atoms with Crippen molar-refractivity contribution in [3.63, 3.8) is 0 Å². The van der Waals surface area contributed by atoms with E-state index in [1.165, 1.54) is 12.1 Å². The van der Waals surface area contributed by atoms with Crippen LogP contribution in [0.15, 0.2) is 18.2 Å². The summed E-state index contributed by atoms with van der Waals surface area (Å²) in [6.07, 6.45) is -2.34. The second-order valence-electron chi connectivity index (χ2n) is 3.28. The van der Waals surface area contributed by atoms with Crippen LogP contribution < -0.4 is 9.47 Å². The molecule has 0 aromatic heterocycles. The van der Waals surface area contributed by atoms with E-state index in [4.69, 9.17) is 5.11 Å². The van der Waals surface area contributed by atoms with Gasteiger partial charge in [0.25, 0.3) is 0 Å². The Morgan fingerprint density at radius 1 is 1.20 bits per heavy atom. The molecule has 3 nitrogen and oxygen atoms in total. The summed E-state index contributed by atoms with van der Waals surface area (Å²) in [6.45, 7) is 0.0740. The van der Waals surface area contributed by atoms with Gasteiger partial charge in [-0.3, -0.25) is 0 Å².